The SMILES string of the molecule is COc1ccc(C=CC(=O)c2cccnc2Nc2cc(OC)c(OC)c(OC)c2)cc1[N+](=O)[O-]. The second-order valence-electron chi connectivity index (χ2n) is 6.82. The molecule has 0 bridgehead atoms. The Labute approximate surface area is 195 Å². The summed E-state index contributed by atoms with van der Waals surface area (Å²) in [5.41, 5.74) is 1.15. The Kier molecular flexibility index (Phi) is 7.65. The standard InChI is InChI=1S/C24H23N3O7/c1-31-20-10-8-15(12-18(20)27(29)30)7-9-19(28)17-6-5-11-25-24(17)26-16-13-21(32-2)23(34-4)22(14-16)33-3/h5-14H,1-4H3,(H,25,26). The highest BCUT2D eigenvalue weighted by atomic mass is 16.6. The zero-order chi connectivity index (χ0) is 24.7. The van der Waals surface area contributed by atoms with E-state index in [1.54, 1.807) is 36.5 Å². The molecule has 0 aliphatic carbocycles. The van der Waals surface area contributed by atoms with Crippen molar-refractivity contribution in [1.82, 2.24) is 4.98 Å². The van der Waals surface area contributed by atoms with Gasteiger partial charge in [-0.1, -0.05) is 12.1 Å². The number of ether oxygens (including phenoxy) is 4. The number of carbonyl (C=O) groups is 1. The molecule has 0 saturated carbocycles. The van der Waals surface area contributed by atoms with Gasteiger partial charge < -0.3 is 24.3 Å². The van der Waals surface area contributed by atoms with Gasteiger partial charge in [-0.2, -0.15) is 0 Å². The Morgan fingerprint density at radius 3 is 2.24 bits per heavy atom. The molecule has 0 aliphatic heterocycles. The van der Waals surface area contributed by atoms with E-state index < -0.39 is 4.92 Å². The van der Waals surface area contributed by atoms with E-state index in [0.29, 0.717) is 39.9 Å². The van der Waals surface area contributed by atoms with Crippen molar-refractivity contribution in [2.75, 3.05) is 33.8 Å². The molecule has 0 saturated heterocycles. The zero-order valence-electron chi connectivity index (χ0n) is 19.0. The van der Waals surface area contributed by atoms with Crippen LogP contribution in [0.4, 0.5) is 17.2 Å². The highest BCUT2D eigenvalue weighted by molar-refractivity contribution is 6.10. The number of benzene rings is 2. The maximum absolute atomic E-state index is 12.9. The quantitative estimate of drug-likeness (QED) is 0.197. The first-order valence-electron chi connectivity index (χ1n) is 9.98. The first-order valence-corrected chi connectivity index (χ1v) is 9.98. The summed E-state index contributed by atoms with van der Waals surface area (Å²) in [6, 6.07) is 11.1. The lowest BCUT2D eigenvalue weighted by Crippen LogP contribution is -2.04. The Morgan fingerprint density at radius 1 is 0.971 bits per heavy atom. The number of rotatable bonds is 10. The van der Waals surface area contributed by atoms with Gasteiger partial charge in [0.2, 0.25) is 5.75 Å². The maximum Gasteiger partial charge on any atom is 0.311 e. The molecule has 3 aromatic rings. The second kappa shape index (κ2) is 10.8. The smallest absolute Gasteiger partial charge is 0.311 e. The number of pyridine rings is 1. The van der Waals surface area contributed by atoms with Gasteiger partial charge in [0.1, 0.15) is 5.82 Å². The summed E-state index contributed by atoms with van der Waals surface area (Å²) in [5.74, 6) is 1.42. The number of methoxy groups -OCH3 is 4. The summed E-state index contributed by atoms with van der Waals surface area (Å²) in [5, 5.41) is 14.3. The topological polar surface area (TPSA) is 122 Å². The number of aromatic nitrogens is 1. The van der Waals surface area contributed by atoms with Gasteiger partial charge in [0.25, 0.3) is 0 Å². The lowest BCUT2D eigenvalue weighted by molar-refractivity contribution is -0.385. The molecule has 0 radical (unpaired) electrons. The van der Waals surface area contributed by atoms with Crippen LogP contribution < -0.4 is 24.3 Å². The van der Waals surface area contributed by atoms with Gasteiger partial charge in [0.05, 0.1) is 38.9 Å². The van der Waals surface area contributed by atoms with E-state index in [9.17, 15) is 14.9 Å². The largest absolute Gasteiger partial charge is 0.493 e. The first kappa shape index (κ1) is 24.1. The highest BCUT2D eigenvalue weighted by Crippen LogP contribution is 2.40. The van der Waals surface area contributed by atoms with E-state index >= 15 is 0 Å². The molecule has 10 heteroatoms. The minimum atomic E-state index is -0.543. The minimum absolute atomic E-state index is 0.137. The number of nitrogens with zero attached hydrogens (tertiary/aromatic N) is 2. The molecule has 0 amide bonds. The van der Waals surface area contributed by atoms with Crippen LogP contribution in [0.5, 0.6) is 23.0 Å². The molecule has 3 rings (SSSR count). The predicted molar refractivity (Wildman–Crippen MR) is 127 cm³/mol. The molecule has 0 fully saturated rings. The fourth-order valence-corrected chi connectivity index (χ4v) is 3.21. The Balaban J connectivity index is 1.89. The van der Waals surface area contributed by atoms with Crippen molar-refractivity contribution in [2.45, 2.75) is 0 Å². The van der Waals surface area contributed by atoms with E-state index in [1.807, 2.05) is 0 Å². The van der Waals surface area contributed by atoms with Gasteiger partial charge >= 0.3 is 5.69 Å². The van der Waals surface area contributed by atoms with Crippen molar-refractivity contribution in [3.63, 3.8) is 0 Å². The molecular weight excluding hydrogens is 442 g/mol. The van der Waals surface area contributed by atoms with Crippen molar-refractivity contribution in [2.24, 2.45) is 0 Å². The normalized spacial score (nSPS) is 10.6. The fourth-order valence-electron chi connectivity index (χ4n) is 3.21. The molecule has 0 aliphatic rings. The molecule has 176 valence electrons. The van der Waals surface area contributed by atoms with Crippen LogP contribution in [0, 0.1) is 10.1 Å². The Hall–Kier alpha value is -4.60. The number of hydrogen-bond donors (Lipinski definition) is 1. The maximum atomic E-state index is 12.9. The van der Waals surface area contributed by atoms with Crippen molar-refractivity contribution >= 4 is 29.1 Å². The monoisotopic (exact) mass is 465 g/mol. The van der Waals surface area contributed by atoms with Crippen molar-refractivity contribution in [3.05, 3.63) is 76.0 Å². The van der Waals surface area contributed by atoms with Crippen LogP contribution in [0.2, 0.25) is 0 Å². The minimum Gasteiger partial charge on any atom is -0.493 e. The van der Waals surface area contributed by atoms with Crippen molar-refractivity contribution in [1.29, 1.82) is 0 Å². The molecule has 1 aromatic heterocycles. The average molecular weight is 465 g/mol. The predicted octanol–water partition coefficient (Wildman–Crippen LogP) is 4.66. The molecule has 0 unspecified atom stereocenters. The number of ketones is 1. The fraction of sp³-hybridized carbons (Fsp3) is 0.167. The van der Waals surface area contributed by atoms with Crippen LogP contribution in [0.1, 0.15) is 15.9 Å². The molecule has 10 nitrogen and oxygen atoms in total. The lowest BCUT2D eigenvalue weighted by atomic mass is 10.1. The number of nitro benzene ring substituents is 1. The summed E-state index contributed by atoms with van der Waals surface area (Å²) >= 11 is 0. The van der Waals surface area contributed by atoms with Crippen LogP contribution in [0.3, 0.4) is 0 Å². The van der Waals surface area contributed by atoms with Crippen LogP contribution in [0.15, 0.2) is 54.7 Å². The first-order chi connectivity index (χ1) is 16.4. The van der Waals surface area contributed by atoms with Crippen LogP contribution in [-0.2, 0) is 0 Å². The molecular formula is C24H23N3O7. The van der Waals surface area contributed by atoms with E-state index in [2.05, 4.69) is 10.3 Å². The number of nitro groups is 1. The number of carbonyl (C=O) groups excluding carboxylic acids is 1. The van der Waals surface area contributed by atoms with E-state index in [4.69, 9.17) is 18.9 Å². The number of hydrogen-bond acceptors (Lipinski definition) is 9. The second-order valence-corrected chi connectivity index (χ2v) is 6.82. The third kappa shape index (κ3) is 5.23. The summed E-state index contributed by atoms with van der Waals surface area (Å²) in [6.07, 6.45) is 4.36. The van der Waals surface area contributed by atoms with Gasteiger partial charge in [-0.25, -0.2) is 4.98 Å². The summed E-state index contributed by atoms with van der Waals surface area (Å²) in [4.78, 5) is 27.9. The Bertz CT molecular complexity index is 1220. The van der Waals surface area contributed by atoms with Gasteiger partial charge in [0, 0.05) is 30.1 Å². The number of allylic oxidation sites excluding steroid dienone is 1. The molecule has 2 aromatic carbocycles. The third-order valence-corrected chi connectivity index (χ3v) is 4.83. The van der Waals surface area contributed by atoms with Crippen LogP contribution >= 0.6 is 0 Å². The average Bonchev–Trinajstić information content (AvgIpc) is 2.86. The Morgan fingerprint density at radius 2 is 1.65 bits per heavy atom. The summed E-state index contributed by atoms with van der Waals surface area (Å²) in [6.45, 7) is 0. The number of anilines is 2. The summed E-state index contributed by atoms with van der Waals surface area (Å²) in [7, 11) is 5.87. The van der Waals surface area contributed by atoms with Gasteiger partial charge in [0.15, 0.2) is 23.0 Å². The molecule has 1 N–H and O–H groups in total. The van der Waals surface area contributed by atoms with E-state index in [-0.39, 0.29) is 17.2 Å². The van der Waals surface area contributed by atoms with Gasteiger partial charge in [-0.15, -0.1) is 0 Å². The molecule has 1 heterocycles. The van der Waals surface area contributed by atoms with Gasteiger partial charge in [-0.3, -0.25) is 14.9 Å². The number of nitrogens with one attached hydrogen (secondary N) is 1. The van der Waals surface area contributed by atoms with Crippen molar-refractivity contribution in [3.8, 4) is 23.0 Å². The molecule has 34 heavy (non-hydrogen) atoms. The lowest BCUT2D eigenvalue weighted by Gasteiger charge is -2.15. The zero-order valence-corrected chi connectivity index (χ0v) is 19.0. The molecule has 0 spiro atoms. The van der Waals surface area contributed by atoms with Crippen LogP contribution in [-0.4, -0.2) is 44.1 Å². The van der Waals surface area contributed by atoms with E-state index in [0.717, 1.165) is 0 Å². The van der Waals surface area contributed by atoms with E-state index in [1.165, 1.54) is 52.7 Å². The summed E-state index contributed by atoms with van der Waals surface area (Å²) < 4.78 is 21.1. The molecule has 0 atom stereocenters. The highest BCUT2D eigenvalue weighted by Gasteiger charge is 2.17. The van der Waals surface area contributed by atoms with Crippen LogP contribution in [0.25, 0.3) is 6.08 Å². The van der Waals surface area contributed by atoms with Gasteiger partial charge in [-0.05, 0) is 29.8 Å². The third-order valence-electron chi connectivity index (χ3n) is 4.83. The van der Waals surface area contributed by atoms with Crippen molar-refractivity contribution < 1.29 is 28.7 Å².